The molecule has 0 aromatic carbocycles. The first-order valence-corrected chi connectivity index (χ1v) is 6.47. The van der Waals surface area contributed by atoms with Gasteiger partial charge in [0.15, 0.2) is 0 Å². The molecule has 0 radical (unpaired) electrons. The van der Waals surface area contributed by atoms with E-state index in [9.17, 15) is 4.79 Å². The topological polar surface area (TPSA) is 90.1 Å². The van der Waals surface area contributed by atoms with E-state index in [1.807, 2.05) is 12.3 Å². The van der Waals surface area contributed by atoms with Crippen LogP contribution in [0.2, 0.25) is 0 Å². The maximum atomic E-state index is 11.5. The average molecular weight is 278 g/mol. The van der Waals surface area contributed by atoms with Gasteiger partial charge in [-0.25, -0.2) is 14.8 Å². The average Bonchev–Trinajstić information content (AvgIpc) is 2.82. The standard InChI is InChI=1S/C12H14N4O2S/c1-7-16-8(6-19-7)5-15-11-10(13)9(3-4-14-11)12(17)18-2/h3-4,6H,5,13H2,1-2H3,(H,14,15). The van der Waals surface area contributed by atoms with Crippen LogP contribution in [0.5, 0.6) is 0 Å². The highest BCUT2D eigenvalue weighted by molar-refractivity contribution is 7.09. The summed E-state index contributed by atoms with van der Waals surface area (Å²) in [5.41, 5.74) is 7.37. The molecule has 7 heteroatoms. The molecule has 2 rings (SSSR count). The fraction of sp³-hybridized carbons (Fsp3) is 0.250. The lowest BCUT2D eigenvalue weighted by atomic mass is 10.2. The lowest BCUT2D eigenvalue weighted by Crippen LogP contribution is -2.10. The van der Waals surface area contributed by atoms with Gasteiger partial charge < -0.3 is 15.8 Å². The Morgan fingerprint density at radius 1 is 1.58 bits per heavy atom. The van der Waals surface area contributed by atoms with Crippen LogP contribution in [0.4, 0.5) is 11.5 Å². The van der Waals surface area contributed by atoms with Crippen LogP contribution in [0.1, 0.15) is 21.1 Å². The van der Waals surface area contributed by atoms with Crippen molar-refractivity contribution in [1.82, 2.24) is 9.97 Å². The first-order chi connectivity index (χ1) is 9.11. The van der Waals surface area contributed by atoms with E-state index in [1.54, 1.807) is 11.3 Å². The quantitative estimate of drug-likeness (QED) is 0.829. The molecule has 2 aromatic heterocycles. The third-order valence-corrected chi connectivity index (χ3v) is 3.32. The first-order valence-electron chi connectivity index (χ1n) is 5.59. The van der Waals surface area contributed by atoms with Gasteiger partial charge in [0.1, 0.15) is 5.82 Å². The van der Waals surface area contributed by atoms with E-state index in [0.29, 0.717) is 17.9 Å². The normalized spacial score (nSPS) is 10.2. The number of hydrogen-bond acceptors (Lipinski definition) is 7. The largest absolute Gasteiger partial charge is 0.465 e. The minimum Gasteiger partial charge on any atom is -0.465 e. The molecule has 6 nitrogen and oxygen atoms in total. The summed E-state index contributed by atoms with van der Waals surface area (Å²) in [6.07, 6.45) is 1.51. The van der Waals surface area contributed by atoms with Crippen molar-refractivity contribution in [3.05, 3.63) is 33.9 Å². The van der Waals surface area contributed by atoms with Crippen LogP contribution in [0.15, 0.2) is 17.6 Å². The van der Waals surface area contributed by atoms with Gasteiger partial charge in [-0.1, -0.05) is 0 Å². The number of nitrogens with zero attached hydrogens (tertiary/aromatic N) is 2. The number of ether oxygens (including phenoxy) is 1. The Morgan fingerprint density at radius 3 is 3.00 bits per heavy atom. The number of anilines is 2. The van der Waals surface area contributed by atoms with Crippen molar-refractivity contribution >= 4 is 28.8 Å². The first kappa shape index (κ1) is 13.3. The summed E-state index contributed by atoms with van der Waals surface area (Å²) in [5.74, 6) is -0.0268. The van der Waals surface area contributed by atoms with Crippen LogP contribution in [-0.4, -0.2) is 23.0 Å². The molecule has 0 aliphatic carbocycles. The van der Waals surface area contributed by atoms with Crippen LogP contribution < -0.4 is 11.1 Å². The maximum absolute atomic E-state index is 11.5. The molecule has 0 unspecified atom stereocenters. The van der Waals surface area contributed by atoms with E-state index in [2.05, 4.69) is 20.0 Å². The number of pyridine rings is 1. The third-order valence-electron chi connectivity index (χ3n) is 2.50. The van der Waals surface area contributed by atoms with Crippen LogP contribution in [0.25, 0.3) is 0 Å². The van der Waals surface area contributed by atoms with E-state index in [-0.39, 0.29) is 5.69 Å². The second-order valence-electron chi connectivity index (χ2n) is 3.82. The molecule has 100 valence electrons. The monoisotopic (exact) mass is 278 g/mol. The number of methoxy groups -OCH3 is 1. The molecule has 0 amide bonds. The van der Waals surface area contributed by atoms with Gasteiger partial charge in [0, 0.05) is 11.6 Å². The highest BCUT2D eigenvalue weighted by Crippen LogP contribution is 2.21. The summed E-state index contributed by atoms with van der Waals surface area (Å²) in [6, 6.07) is 1.53. The molecule has 0 saturated heterocycles. The van der Waals surface area contributed by atoms with E-state index < -0.39 is 5.97 Å². The highest BCUT2D eigenvalue weighted by Gasteiger charge is 2.13. The number of nitrogens with one attached hydrogen (secondary N) is 1. The van der Waals surface area contributed by atoms with Crippen LogP contribution >= 0.6 is 11.3 Å². The fourth-order valence-electron chi connectivity index (χ4n) is 1.57. The number of nitrogens with two attached hydrogens (primary N) is 1. The van der Waals surface area contributed by atoms with Crippen LogP contribution in [-0.2, 0) is 11.3 Å². The number of nitrogen functional groups attached to an aromatic ring is 1. The molecule has 0 saturated carbocycles. The van der Waals surface area contributed by atoms with Gasteiger partial charge in [0.2, 0.25) is 0 Å². The summed E-state index contributed by atoms with van der Waals surface area (Å²) < 4.78 is 4.65. The molecule has 3 N–H and O–H groups in total. The summed E-state index contributed by atoms with van der Waals surface area (Å²) in [6.45, 7) is 2.45. The second kappa shape index (κ2) is 5.66. The number of carbonyl (C=O) groups is 1. The molecule has 0 aliphatic rings. The summed E-state index contributed by atoms with van der Waals surface area (Å²) in [7, 11) is 1.31. The Balaban J connectivity index is 2.14. The number of carbonyl (C=O) groups excluding carboxylic acids is 1. The van der Waals surface area contributed by atoms with Gasteiger partial charge in [0.05, 0.1) is 35.6 Å². The van der Waals surface area contributed by atoms with Gasteiger partial charge >= 0.3 is 5.97 Å². The molecule has 2 heterocycles. The smallest absolute Gasteiger partial charge is 0.340 e. The lowest BCUT2D eigenvalue weighted by molar-refractivity contribution is 0.0602. The molecular formula is C12H14N4O2S. The minimum atomic E-state index is -0.479. The summed E-state index contributed by atoms with van der Waals surface area (Å²) in [5, 5.41) is 6.02. The Hall–Kier alpha value is -2.15. The van der Waals surface area contributed by atoms with Crippen molar-refractivity contribution in [2.45, 2.75) is 13.5 Å². The van der Waals surface area contributed by atoms with E-state index in [1.165, 1.54) is 19.4 Å². The number of esters is 1. The predicted molar refractivity (Wildman–Crippen MR) is 74.2 cm³/mol. The molecule has 0 spiro atoms. The zero-order valence-corrected chi connectivity index (χ0v) is 11.5. The van der Waals surface area contributed by atoms with Crippen molar-refractivity contribution in [2.75, 3.05) is 18.2 Å². The molecule has 0 bridgehead atoms. The molecule has 0 fully saturated rings. The highest BCUT2D eigenvalue weighted by atomic mass is 32.1. The molecule has 2 aromatic rings. The molecule has 19 heavy (non-hydrogen) atoms. The van der Waals surface area contributed by atoms with Crippen molar-refractivity contribution < 1.29 is 9.53 Å². The fourth-order valence-corrected chi connectivity index (χ4v) is 2.18. The van der Waals surface area contributed by atoms with E-state index >= 15 is 0 Å². The minimum absolute atomic E-state index is 0.279. The van der Waals surface area contributed by atoms with Crippen molar-refractivity contribution in [1.29, 1.82) is 0 Å². The zero-order valence-electron chi connectivity index (χ0n) is 10.6. The van der Waals surface area contributed by atoms with Gasteiger partial charge in [-0.05, 0) is 13.0 Å². The van der Waals surface area contributed by atoms with Gasteiger partial charge in [-0.15, -0.1) is 11.3 Å². The Labute approximate surface area is 114 Å². The predicted octanol–water partition coefficient (Wildman–Crippen LogP) is 1.83. The van der Waals surface area contributed by atoms with Crippen molar-refractivity contribution in [3.63, 3.8) is 0 Å². The third kappa shape index (κ3) is 3.00. The lowest BCUT2D eigenvalue weighted by Gasteiger charge is -2.09. The van der Waals surface area contributed by atoms with Crippen LogP contribution in [0.3, 0.4) is 0 Å². The number of aryl methyl sites for hydroxylation is 1. The van der Waals surface area contributed by atoms with E-state index in [0.717, 1.165) is 10.7 Å². The van der Waals surface area contributed by atoms with Gasteiger partial charge in [0.25, 0.3) is 0 Å². The number of thiazole rings is 1. The SMILES string of the molecule is COC(=O)c1ccnc(NCc2csc(C)n2)c1N. The van der Waals surface area contributed by atoms with Crippen molar-refractivity contribution in [3.8, 4) is 0 Å². The number of hydrogen-bond donors (Lipinski definition) is 2. The molecule has 0 aliphatic heterocycles. The van der Waals surface area contributed by atoms with Crippen LogP contribution in [0, 0.1) is 6.92 Å². The zero-order chi connectivity index (χ0) is 13.8. The van der Waals surface area contributed by atoms with Crippen molar-refractivity contribution in [2.24, 2.45) is 0 Å². The van der Waals surface area contributed by atoms with E-state index in [4.69, 9.17) is 5.73 Å². The summed E-state index contributed by atoms with van der Waals surface area (Å²) in [4.78, 5) is 19.9. The Kier molecular flexibility index (Phi) is 3.96. The van der Waals surface area contributed by atoms with Gasteiger partial charge in [-0.3, -0.25) is 0 Å². The maximum Gasteiger partial charge on any atom is 0.340 e. The summed E-state index contributed by atoms with van der Waals surface area (Å²) >= 11 is 1.58. The Morgan fingerprint density at radius 2 is 2.37 bits per heavy atom. The molecule has 0 atom stereocenters. The number of aromatic nitrogens is 2. The number of rotatable bonds is 4. The Bertz CT molecular complexity index is 597. The second-order valence-corrected chi connectivity index (χ2v) is 4.89. The molecular weight excluding hydrogens is 264 g/mol. The van der Waals surface area contributed by atoms with Gasteiger partial charge in [-0.2, -0.15) is 0 Å².